The Bertz CT molecular complexity index is 747. The molecule has 1 aliphatic carbocycles. The molecule has 9 heteroatoms. The molecule has 4 aliphatic rings. The fourth-order valence-corrected chi connectivity index (χ4v) is 3.33. The monoisotopic (exact) mass is 322 g/mol. The quantitative estimate of drug-likeness (QED) is 0.588. The van der Waals surface area contributed by atoms with Crippen molar-refractivity contribution in [2.24, 2.45) is 0 Å². The van der Waals surface area contributed by atoms with E-state index in [-0.39, 0.29) is 6.61 Å². The van der Waals surface area contributed by atoms with Crippen LogP contribution in [0.1, 0.15) is 24.5 Å². The fourth-order valence-electron chi connectivity index (χ4n) is 3.33. The Morgan fingerprint density at radius 2 is 2.30 bits per heavy atom. The van der Waals surface area contributed by atoms with Gasteiger partial charge >= 0.3 is 0 Å². The molecule has 0 bridgehead atoms. The molecule has 0 radical (unpaired) electrons. The number of rotatable bonds is 2. The van der Waals surface area contributed by atoms with Crippen LogP contribution >= 0.6 is 0 Å². The Hall–Kier alpha value is -1.94. The van der Waals surface area contributed by atoms with Gasteiger partial charge in [0, 0.05) is 18.2 Å². The van der Waals surface area contributed by atoms with Crippen molar-refractivity contribution >= 4 is 0 Å². The molecule has 0 saturated carbocycles. The lowest BCUT2D eigenvalue weighted by atomic mass is 9.96. The van der Waals surface area contributed by atoms with Gasteiger partial charge in [0.05, 0.1) is 12.8 Å². The molecule has 124 valence electrons. The first-order valence-electron chi connectivity index (χ1n) is 7.45. The second-order valence-corrected chi connectivity index (χ2v) is 6.15. The molecule has 0 aromatic heterocycles. The topological polar surface area (TPSA) is 130 Å². The van der Waals surface area contributed by atoms with Crippen molar-refractivity contribution in [2.45, 2.75) is 43.8 Å². The molecular weight excluding hydrogens is 304 g/mol. The number of nitrogens with one attached hydrogen (secondary N) is 1. The standard InChI is InChI=1S/C14H18N4O5/c1-14(21)12(20)10(6-19)22-13(14)18-5-7-2-3-9-11(7)8(16-18)4-15-17-23-9/h4-5,10,12-13,17,19-21H,2-3,6H2,1H3/t10-,12-,13-,14-/m1/s1. The van der Waals surface area contributed by atoms with Crippen LogP contribution in [0.25, 0.3) is 11.3 Å². The SMILES string of the molecule is C[C@@]1(O)[C@H](O)[C@@H](CO)O[C@H]1n1cc2c3c(o[nH]ncc-3n1)CC2. The number of H-pyrrole nitrogens is 1. The second kappa shape index (κ2) is 5.03. The van der Waals surface area contributed by atoms with Crippen molar-refractivity contribution in [1.29, 1.82) is 0 Å². The Morgan fingerprint density at radius 3 is 3.04 bits per heavy atom. The largest absolute Gasteiger partial charge is 0.394 e. The smallest absolute Gasteiger partial charge is 0.181 e. The van der Waals surface area contributed by atoms with Crippen LogP contribution in [-0.2, 0) is 17.6 Å². The summed E-state index contributed by atoms with van der Waals surface area (Å²) >= 11 is 0. The van der Waals surface area contributed by atoms with Crippen LogP contribution in [0.3, 0.4) is 0 Å². The molecule has 23 heavy (non-hydrogen) atoms. The average Bonchev–Trinajstić information content (AvgIpc) is 2.94. The van der Waals surface area contributed by atoms with Crippen LogP contribution < -0.4 is 0 Å². The van der Waals surface area contributed by atoms with E-state index in [0.29, 0.717) is 5.69 Å². The van der Waals surface area contributed by atoms with Gasteiger partial charge in [0.15, 0.2) is 6.23 Å². The number of aliphatic hydroxyl groups excluding tert-OH is 2. The molecular formula is C14H18N4O5. The summed E-state index contributed by atoms with van der Waals surface area (Å²) in [5.41, 5.74) is 0.920. The summed E-state index contributed by atoms with van der Waals surface area (Å²) < 4.78 is 12.4. The molecule has 3 aliphatic heterocycles. The predicted octanol–water partition coefficient (Wildman–Crippen LogP) is -0.471. The average molecular weight is 322 g/mol. The van der Waals surface area contributed by atoms with Gasteiger partial charge in [0.2, 0.25) is 0 Å². The van der Waals surface area contributed by atoms with Gasteiger partial charge in [-0.15, -0.1) is 5.27 Å². The molecule has 0 spiro atoms. The molecule has 4 N–H and O–H groups in total. The Morgan fingerprint density at radius 1 is 1.48 bits per heavy atom. The lowest BCUT2D eigenvalue weighted by Gasteiger charge is -2.28. The highest BCUT2D eigenvalue weighted by Gasteiger charge is 2.53. The van der Waals surface area contributed by atoms with E-state index in [0.717, 1.165) is 29.7 Å². The summed E-state index contributed by atoms with van der Waals surface area (Å²) in [5, 5.41) is 40.9. The first-order valence-corrected chi connectivity index (χ1v) is 7.45. The van der Waals surface area contributed by atoms with Gasteiger partial charge in [0.1, 0.15) is 29.3 Å². The second-order valence-electron chi connectivity index (χ2n) is 6.15. The first-order chi connectivity index (χ1) is 11.0. The van der Waals surface area contributed by atoms with E-state index in [4.69, 9.17) is 9.26 Å². The van der Waals surface area contributed by atoms with Crippen LogP contribution in [0.2, 0.25) is 0 Å². The molecule has 0 amide bonds. The van der Waals surface area contributed by atoms with Crippen molar-refractivity contribution in [3.63, 3.8) is 0 Å². The summed E-state index contributed by atoms with van der Waals surface area (Å²) in [6.07, 6.45) is 1.84. The van der Waals surface area contributed by atoms with Gasteiger partial charge in [-0.25, -0.2) is 4.68 Å². The molecule has 4 rings (SSSR count). The van der Waals surface area contributed by atoms with Crippen molar-refractivity contribution in [2.75, 3.05) is 6.61 Å². The number of aromatic nitrogens is 4. The maximum Gasteiger partial charge on any atom is 0.181 e. The van der Waals surface area contributed by atoms with Gasteiger partial charge in [-0.3, -0.25) is 0 Å². The van der Waals surface area contributed by atoms with Crippen LogP contribution in [0.15, 0.2) is 16.9 Å². The summed E-state index contributed by atoms with van der Waals surface area (Å²) in [6, 6.07) is 0. The Balaban J connectivity index is 1.85. The van der Waals surface area contributed by atoms with Crippen molar-refractivity contribution in [3.05, 3.63) is 23.7 Å². The predicted molar refractivity (Wildman–Crippen MR) is 75.9 cm³/mol. The van der Waals surface area contributed by atoms with Crippen LogP contribution in [0.5, 0.6) is 0 Å². The molecule has 1 saturated heterocycles. The first kappa shape index (κ1) is 14.6. The van der Waals surface area contributed by atoms with Crippen molar-refractivity contribution in [1.82, 2.24) is 20.2 Å². The van der Waals surface area contributed by atoms with E-state index in [1.807, 2.05) is 0 Å². The zero-order valence-corrected chi connectivity index (χ0v) is 12.5. The third-order valence-electron chi connectivity index (χ3n) is 4.57. The highest BCUT2D eigenvalue weighted by atomic mass is 16.6. The number of nitrogens with zero attached hydrogens (tertiary/aromatic N) is 3. The summed E-state index contributed by atoms with van der Waals surface area (Å²) in [6.45, 7) is 1.08. The normalized spacial score (nSPS) is 32.6. The minimum Gasteiger partial charge on any atom is -0.394 e. The van der Waals surface area contributed by atoms with Gasteiger partial charge < -0.3 is 24.6 Å². The number of hydrogen-bond donors (Lipinski definition) is 4. The van der Waals surface area contributed by atoms with E-state index < -0.39 is 24.0 Å². The Kier molecular flexibility index (Phi) is 3.20. The zero-order valence-electron chi connectivity index (χ0n) is 12.5. The summed E-state index contributed by atoms with van der Waals surface area (Å²) in [5.74, 6) is 0.777. The van der Waals surface area contributed by atoms with Crippen LogP contribution in [-0.4, -0.2) is 59.9 Å². The molecule has 9 nitrogen and oxygen atoms in total. The third kappa shape index (κ3) is 2.08. The van der Waals surface area contributed by atoms with Gasteiger partial charge in [0.25, 0.3) is 0 Å². The Labute approximate surface area is 131 Å². The minimum absolute atomic E-state index is 0.386. The number of aryl methyl sites for hydroxylation is 2. The van der Waals surface area contributed by atoms with E-state index >= 15 is 0 Å². The van der Waals surface area contributed by atoms with E-state index in [1.54, 1.807) is 6.20 Å². The minimum atomic E-state index is -1.58. The number of aromatic amines is 1. The van der Waals surface area contributed by atoms with Crippen LogP contribution in [0, 0.1) is 0 Å². The summed E-state index contributed by atoms with van der Waals surface area (Å²) in [7, 11) is 0. The van der Waals surface area contributed by atoms with Gasteiger partial charge in [-0.1, -0.05) is 0 Å². The number of ether oxygens (including phenoxy) is 1. The lowest BCUT2D eigenvalue weighted by molar-refractivity contribution is -0.103. The number of hydrogen-bond acceptors (Lipinski definition) is 7. The molecule has 0 aromatic carbocycles. The third-order valence-corrected chi connectivity index (χ3v) is 4.57. The van der Waals surface area contributed by atoms with Crippen molar-refractivity contribution in [3.8, 4) is 11.3 Å². The van der Waals surface area contributed by atoms with E-state index in [2.05, 4.69) is 15.5 Å². The molecule has 0 unspecified atom stereocenters. The van der Waals surface area contributed by atoms with Gasteiger partial charge in [-0.2, -0.15) is 10.2 Å². The molecule has 1 fully saturated rings. The maximum absolute atomic E-state index is 10.6. The lowest BCUT2D eigenvalue weighted by Crippen LogP contribution is -2.44. The summed E-state index contributed by atoms with van der Waals surface area (Å²) in [4.78, 5) is 0. The zero-order chi connectivity index (χ0) is 16.2. The van der Waals surface area contributed by atoms with Gasteiger partial charge in [-0.05, 0) is 18.9 Å². The van der Waals surface area contributed by atoms with E-state index in [9.17, 15) is 15.3 Å². The number of aliphatic hydroxyl groups is 3. The molecule has 3 heterocycles. The van der Waals surface area contributed by atoms with E-state index in [1.165, 1.54) is 17.8 Å². The molecule has 4 atom stereocenters. The fraction of sp³-hybridized carbons (Fsp3) is 0.571. The molecule has 0 aromatic rings. The highest BCUT2D eigenvalue weighted by Crippen LogP contribution is 2.40. The highest BCUT2D eigenvalue weighted by molar-refractivity contribution is 5.67. The van der Waals surface area contributed by atoms with Crippen LogP contribution in [0.4, 0.5) is 0 Å². The maximum atomic E-state index is 10.6. The van der Waals surface area contributed by atoms with Crippen molar-refractivity contribution < 1.29 is 24.6 Å².